The van der Waals surface area contributed by atoms with Crippen molar-refractivity contribution in [2.75, 3.05) is 32.4 Å². The number of ether oxygens (including phenoxy) is 1. The van der Waals surface area contributed by atoms with Crippen molar-refractivity contribution in [1.29, 1.82) is 0 Å². The van der Waals surface area contributed by atoms with Crippen LogP contribution in [0.5, 0.6) is 0 Å². The Labute approximate surface area is 128 Å². The molecule has 1 saturated carbocycles. The topological polar surface area (TPSA) is 38.5 Å². The second-order valence-corrected chi connectivity index (χ2v) is 8.33. The van der Waals surface area contributed by atoms with Gasteiger partial charge in [-0.3, -0.25) is 0 Å². The van der Waals surface area contributed by atoms with Gasteiger partial charge in [0.25, 0.3) is 0 Å². The number of piperidine rings is 1. The van der Waals surface area contributed by atoms with Crippen molar-refractivity contribution in [2.45, 2.75) is 67.8 Å². The molecule has 2 aliphatic heterocycles. The Kier molecular flexibility index (Phi) is 4.66. The molecule has 1 atom stereocenters. The van der Waals surface area contributed by atoms with Crippen LogP contribution in [0.4, 0.5) is 0 Å². The molecule has 1 aliphatic carbocycles. The first-order valence-corrected chi connectivity index (χ1v) is 9.57. The number of likely N-dealkylation sites (tertiary alicyclic amines) is 1. The average Bonchev–Trinajstić information content (AvgIpc) is 3.11. The maximum atomic E-state index is 6.45. The van der Waals surface area contributed by atoms with Crippen LogP contribution in [0, 0.1) is 0 Å². The van der Waals surface area contributed by atoms with Crippen LogP contribution in [-0.4, -0.2) is 53.8 Å². The normalized spacial score (nSPS) is 33.0. The molecule has 0 aromatic heterocycles. The Balaban J connectivity index is 1.46. The standard InChI is InChI=1S/C16H30N2OS/c1-20-16(13-17)8-10-18(11-9-16)12-14-4-7-15(19-14)5-2-3-6-15/h14H,2-13,17H2,1H3. The summed E-state index contributed by atoms with van der Waals surface area (Å²) in [7, 11) is 0. The molecule has 2 N–H and O–H groups in total. The Morgan fingerprint density at radius 1 is 1.15 bits per heavy atom. The van der Waals surface area contributed by atoms with Gasteiger partial charge in [0, 0.05) is 17.8 Å². The summed E-state index contributed by atoms with van der Waals surface area (Å²) in [4.78, 5) is 2.61. The van der Waals surface area contributed by atoms with Gasteiger partial charge in [-0.1, -0.05) is 12.8 Å². The summed E-state index contributed by atoms with van der Waals surface area (Å²) in [6.07, 6.45) is 13.2. The summed E-state index contributed by atoms with van der Waals surface area (Å²) in [6, 6.07) is 0. The number of thioether (sulfide) groups is 1. The molecule has 4 heteroatoms. The van der Waals surface area contributed by atoms with Gasteiger partial charge in [-0.25, -0.2) is 0 Å². The molecule has 0 aromatic rings. The van der Waals surface area contributed by atoms with Crippen LogP contribution in [0.3, 0.4) is 0 Å². The number of hydrogen-bond acceptors (Lipinski definition) is 4. The Morgan fingerprint density at radius 3 is 2.45 bits per heavy atom. The van der Waals surface area contributed by atoms with Gasteiger partial charge >= 0.3 is 0 Å². The van der Waals surface area contributed by atoms with Gasteiger partial charge in [-0.2, -0.15) is 11.8 Å². The second-order valence-electron chi connectivity index (χ2n) is 7.06. The highest BCUT2D eigenvalue weighted by molar-refractivity contribution is 8.00. The molecule has 0 bridgehead atoms. The van der Waals surface area contributed by atoms with Crippen LogP contribution in [0.1, 0.15) is 51.4 Å². The van der Waals surface area contributed by atoms with Crippen molar-refractivity contribution in [3.05, 3.63) is 0 Å². The van der Waals surface area contributed by atoms with E-state index in [0.29, 0.717) is 16.5 Å². The highest BCUT2D eigenvalue weighted by Crippen LogP contribution is 2.43. The van der Waals surface area contributed by atoms with Gasteiger partial charge < -0.3 is 15.4 Å². The summed E-state index contributed by atoms with van der Waals surface area (Å²) in [6.45, 7) is 4.37. The zero-order valence-electron chi connectivity index (χ0n) is 12.9. The van der Waals surface area contributed by atoms with E-state index >= 15 is 0 Å². The van der Waals surface area contributed by atoms with Crippen LogP contribution in [-0.2, 0) is 4.74 Å². The molecule has 3 nitrogen and oxygen atoms in total. The van der Waals surface area contributed by atoms with Gasteiger partial charge in [0.15, 0.2) is 0 Å². The average molecular weight is 298 g/mol. The molecule has 1 unspecified atom stereocenters. The number of rotatable bonds is 4. The molecule has 0 amide bonds. The fourth-order valence-electron chi connectivity index (χ4n) is 4.33. The second kappa shape index (κ2) is 6.15. The lowest BCUT2D eigenvalue weighted by Crippen LogP contribution is -2.48. The van der Waals surface area contributed by atoms with E-state index in [1.54, 1.807) is 0 Å². The third-order valence-corrected chi connectivity index (χ3v) is 7.33. The highest BCUT2D eigenvalue weighted by Gasteiger charge is 2.43. The first-order chi connectivity index (χ1) is 9.69. The molecule has 1 spiro atoms. The van der Waals surface area contributed by atoms with E-state index in [2.05, 4.69) is 11.2 Å². The summed E-state index contributed by atoms with van der Waals surface area (Å²) in [5.41, 5.74) is 6.26. The van der Waals surface area contributed by atoms with E-state index in [0.717, 1.165) is 13.1 Å². The van der Waals surface area contributed by atoms with E-state index in [9.17, 15) is 0 Å². The van der Waals surface area contributed by atoms with Gasteiger partial charge in [-0.05, 0) is 57.9 Å². The number of nitrogens with two attached hydrogens (primary N) is 1. The number of hydrogen-bond donors (Lipinski definition) is 1. The SMILES string of the molecule is CSC1(CN)CCN(CC2CCC3(CCCC3)O2)CC1. The Bertz CT molecular complexity index is 316. The van der Waals surface area contributed by atoms with Crippen molar-refractivity contribution in [1.82, 2.24) is 4.90 Å². The Hall–Kier alpha value is 0.230. The molecule has 3 rings (SSSR count). The van der Waals surface area contributed by atoms with Gasteiger partial charge in [-0.15, -0.1) is 0 Å². The van der Waals surface area contributed by atoms with Crippen LogP contribution >= 0.6 is 11.8 Å². The minimum absolute atomic E-state index is 0.292. The summed E-state index contributed by atoms with van der Waals surface area (Å²) in [5.74, 6) is 0. The lowest BCUT2D eigenvalue weighted by molar-refractivity contribution is -0.0493. The molecule has 0 aromatic carbocycles. The van der Waals surface area contributed by atoms with E-state index < -0.39 is 0 Å². The fourth-order valence-corrected chi connectivity index (χ4v) is 5.09. The van der Waals surface area contributed by atoms with Crippen molar-refractivity contribution in [3.63, 3.8) is 0 Å². The molecule has 0 radical (unpaired) electrons. The zero-order valence-corrected chi connectivity index (χ0v) is 13.7. The lowest BCUT2D eigenvalue weighted by Gasteiger charge is -2.40. The number of nitrogens with zero attached hydrogens (tertiary/aromatic N) is 1. The van der Waals surface area contributed by atoms with Crippen molar-refractivity contribution >= 4 is 11.8 Å². The molecule has 2 saturated heterocycles. The predicted molar refractivity (Wildman–Crippen MR) is 86.3 cm³/mol. The van der Waals surface area contributed by atoms with Crippen molar-refractivity contribution in [3.8, 4) is 0 Å². The summed E-state index contributed by atoms with van der Waals surface area (Å²) < 4.78 is 6.79. The van der Waals surface area contributed by atoms with Crippen LogP contribution in [0.25, 0.3) is 0 Å². The maximum Gasteiger partial charge on any atom is 0.0710 e. The van der Waals surface area contributed by atoms with Crippen LogP contribution in [0.15, 0.2) is 0 Å². The fraction of sp³-hybridized carbons (Fsp3) is 1.00. The van der Waals surface area contributed by atoms with E-state index in [4.69, 9.17) is 10.5 Å². The first-order valence-electron chi connectivity index (χ1n) is 8.35. The monoisotopic (exact) mass is 298 g/mol. The molecule has 3 aliphatic rings. The molecular weight excluding hydrogens is 268 g/mol. The largest absolute Gasteiger partial charge is 0.370 e. The minimum atomic E-state index is 0.292. The van der Waals surface area contributed by atoms with E-state index in [1.165, 1.54) is 64.5 Å². The molecule has 3 fully saturated rings. The third kappa shape index (κ3) is 3.03. The molecule has 20 heavy (non-hydrogen) atoms. The summed E-state index contributed by atoms with van der Waals surface area (Å²) in [5, 5.41) is 0. The predicted octanol–water partition coefficient (Wildman–Crippen LogP) is 2.63. The minimum Gasteiger partial charge on any atom is -0.370 e. The first kappa shape index (κ1) is 15.1. The lowest BCUT2D eigenvalue weighted by atomic mass is 9.95. The maximum absolute atomic E-state index is 6.45. The van der Waals surface area contributed by atoms with Gasteiger partial charge in [0.05, 0.1) is 11.7 Å². The van der Waals surface area contributed by atoms with Crippen molar-refractivity contribution in [2.24, 2.45) is 5.73 Å². The zero-order chi connectivity index (χ0) is 14.1. The quantitative estimate of drug-likeness (QED) is 0.866. The molecule has 2 heterocycles. The molecule has 116 valence electrons. The Morgan fingerprint density at radius 2 is 1.85 bits per heavy atom. The smallest absolute Gasteiger partial charge is 0.0710 e. The molecular formula is C16H30N2OS. The van der Waals surface area contributed by atoms with Crippen LogP contribution in [0.2, 0.25) is 0 Å². The van der Waals surface area contributed by atoms with E-state index in [-0.39, 0.29) is 0 Å². The summed E-state index contributed by atoms with van der Waals surface area (Å²) >= 11 is 1.97. The van der Waals surface area contributed by atoms with Gasteiger partial charge in [0.2, 0.25) is 0 Å². The van der Waals surface area contributed by atoms with Gasteiger partial charge in [0.1, 0.15) is 0 Å². The van der Waals surface area contributed by atoms with Crippen molar-refractivity contribution < 1.29 is 4.74 Å². The van der Waals surface area contributed by atoms with E-state index in [1.807, 2.05) is 11.8 Å². The van der Waals surface area contributed by atoms with Crippen LogP contribution < -0.4 is 5.73 Å². The highest BCUT2D eigenvalue weighted by atomic mass is 32.2. The third-order valence-electron chi connectivity index (χ3n) is 5.89.